The summed E-state index contributed by atoms with van der Waals surface area (Å²) in [4.78, 5) is 19.9. The van der Waals surface area contributed by atoms with E-state index >= 15 is 0 Å². The maximum absolute atomic E-state index is 13.7. The van der Waals surface area contributed by atoms with Crippen LogP contribution in [-0.2, 0) is 0 Å². The van der Waals surface area contributed by atoms with Crippen LogP contribution in [0, 0.1) is 11.6 Å². The van der Waals surface area contributed by atoms with Gasteiger partial charge in [0.25, 0.3) is 5.91 Å². The molecule has 0 spiro atoms. The zero-order valence-electron chi connectivity index (χ0n) is 11.4. The van der Waals surface area contributed by atoms with E-state index in [1.165, 1.54) is 22.3 Å². The van der Waals surface area contributed by atoms with E-state index in [1.54, 1.807) is 6.20 Å². The fourth-order valence-electron chi connectivity index (χ4n) is 2.35. The van der Waals surface area contributed by atoms with Crippen molar-refractivity contribution in [2.45, 2.75) is 0 Å². The summed E-state index contributed by atoms with van der Waals surface area (Å²) in [6.07, 6.45) is 1.58. The highest BCUT2D eigenvalue weighted by Gasteiger charge is 2.27. The number of carbonyl (C=O) groups excluding carboxylic acids is 1. The van der Waals surface area contributed by atoms with E-state index in [0.717, 1.165) is 17.3 Å². The standard InChI is InChI=1S/C14H12ClF2N3OS/c15-11-8-18-14(22-11)20-6-4-19(5-7-20)13(21)12-9(16)2-1-3-10(12)17/h1-3,8H,4-7H2. The van der Waals surface area contributed by atoms with Crippen molar-refractivity contribution in [1.82, 2.24) is 9.88 Å². The Labute approximate surface area is 134 Å². The lowest BCUT2D eigenvalue weighted by Crippen LogP contribution is -2.49. The Bertz CT molecular complexity index is 681. The Morgan fingerprint density at radius 3 is 2.36 bits per heavy atom. The van der Waals surface area contributed by atoms with Crippen LogP contribution in [-0.4, -0.2) is 42.0 Å². The Kier molecular flexibility index (Phi) is 4.26. The average Bonchev–Trinajstić information content (AvgIpc) is 2.94. The molecule has 1 aromatic heterocycles. The van der Waals surface area contributed by atoms with Crippen LogP contribution in [0.4, 0.5) is 13.9 Å². The Morgan fingerprint density at radius 1 is 1.18 bits per heavy atom. The normalized spacial score (nSPS) is 15.2. The molecule has 1 saturated heterocycles. The molecule has 0 unspecified atom stereocenters. The molecule has 2 heterocycles. The number of hydrogen-bond donors (Lipinski definition) is 0. The molecule has 1 amide bonds. The first-order chi connectivity index (χ1) is 10.6. The van der Waals surface area contributed by atoms with Gasteiger partial charge in [0, 0.05) is 26.2 Å². The molecule has 1 aromatic carbocycles. The van der Waals surface area contributed by atoms with Crippen LogP contribution < -0.4 is 4.90 Å². The van der Waals surface area contributed by atoms with Gasteiger partial charge < -0.3 is 9.80 Å². The van der Waals surface area contributed by atoms with Crippen LogP contribution >= 0.6 is 22.9 Å². The summed E-state index contributed by atoms with van der Waals surface area (Å²) in [6.45, 7) is 1.85. The zero-order valence-corrected chi connectivity index (χ0v) is 13.0. The largest absolute Gasteiger partial charge is 0.345 e. The molecule has 4 nitrogen and oxygen atoms in total. The number of benzene rings is 1. The van der Waals surface area contributed by atoms with E-state index in [4.69, 9.17) is 11.6 Å². The molecule has 0 N–H and O–H groups in total. The molecule has 1 aliphatic rings. The van der Waals surface area contributed by atoms with Crippen molar-refractivity contribution in [2.75, 3.05) is 31.1 Å². The summed E-state index contributed by atoms with van der Waals surface area (Å²) in [7, 11) is 0. The van der Waals surface area contributed by atoms with E-state index in [-0.39, 0.29) is 0 Å². The Hall–Kier alpha value is -1.73. The minimum atomic E-state index is -0.834. The fraction of sp³-hybridized carbons (Fsp3) is 0.286. The van der Waals surface area contributed by atoms with E-state index < -0.39 is 23.1 Å². The third kappa shape index (κ3) is 2.91. The van der Waals surface area contributed by atoms with Gasteiger partial charge in [0.1, 0.15) is 21.5 Å². The molecule has 8 heteroatoms. The first-order valence-corrected chi connectivity index (χ1v) is 7.85. The summed E-state index contributed by atoms with van der Waals surface area (Å²) in [5, 5.41) is 0.786. The van der Waals surface area contributed by atoms with Crippen LogP contribution in [0.15, 0.2) is 24.4 Å². The molecule has 0 bridgehead atoms. The second kappa shape index (κ2) is 6.18. The van der Waals surface area contributed by atoms with Crippen molar-refractivity contribution in [3.8, 4) is 0 Å². The van der Waals surface area contributed by atoms with Crippen LogP contribution in [0.3, 0.4) is 0 Å². The van der Waals surface area contributed by atoms with Crippen LogP contribution in [0.1, 0.15) is 10.4 Å². The lowest BCUT2D eigenvalue weighted by Gasteiger charge is -2.34. The zero-order chi connectivity index (χ0) is 15.7. The molecule has 116 valence electrons. The van der Waals surface area contributed by atoms with E-state index in [0.29, 0.717) is 30.5 Å². The van der Waals surface area contributed by atoms with Crippen molar-refractivity contribution in [3.05, 3.63) is 45.9 Å². The van der Waals surface area contributed by atoms with Gasteiger partial charge in [-0.2, -0.15) is 0 Å². The summed E-state index contributed by atoms with van der Waals surface area (Å²) in [5.74, 6) is -2.29. The van der Waals surface area contributed by atoms with Gasteiger partial charge in [0.2, 0.25) is 0 Å². The minimum absolute atomic E-state index is 0.379. The smallest absolute Gasteiger partial charge is 0.259 e. The molecule has 0 saturated carbocycles. The number of halogens is 3. The third-order valence-corrected chi connectivity index (χ3v) is 4.65. The molecule has 1 fully saturated rings. The van der Waals surface area contributed by atoms with Gasteiger partial charge in [0.15, 0.2) is 5.13 Å². The number of thiazole rings is 1. The van der Waals surface area contributed by atoms with Gasteiger partial charge in [-0.05, 0) is 12.1 Å². The molecule has 0 radical (unpaired) electrons. The molecule has 3 rings (SSSR count). The highest BCUT2D eigenvalue weighted by Crippen LogP contribution is 2.27. The second-order valence-corrected chi connectivity index (χ2v) is 6.46. The summed E-state index contributed by atoms with van der Waals surface area (Å²) >= 11 is 7.22. The van der Waals surface area contributed by atoms with Crippen molar-refractivity contribution < 1.29 is 13.6 Å². The summed E-state index contributed by atoms with van der Waals surface area (Å²) in [5.41, 5.74) is -0.492. The maximum atomic E-state index is 13.7. The second-order valence-electron chi connectivity index (χ2n) is 4.82. The van der Waals surface area contributed by atoms with Crippen LogP contribution in [0.25, 0.3) is 0 Å². The lowest BCUT2D eigenvalue weighted by molar-refractivity contribution is 0.0737. The van der Waals surface area contributed by atoms with Crippen LogP contribution in [0.2, 0.25) is 4.34 Å². The van der Waals surface area contributed by atoms with E-state index in [9.17, 15) is 13.6 Å². The monoisotopic (exact) mass is 343 g/mol. The summed E-state index contributed by atoms with van der Waals surface area (Å²) in [6, 6.07) is 3.42. The van der Waals surface area contributed by atoms with Gasteiger partial charge in [-0.3, -0.25) is 4.79 Å². The topological polar surface area (TPSA) is 36.4 Å². The summed E-state index contributed by atoms with van der Waals surface area (Å²) < 4.78 is 28.0. The van der Waals surface area contributed by atoms with E-state index in [1.807, 2.05) is 4.90 Å². The van der Waals surface area contributed by atoms with E-state index in [2.05, 4.69) is 4.98 Å². The maximum Gasteiger partial charge on any atom is 0.259 e. The first-order valence-electron chi connectivity index (χ1n) is 6.66. The predicted octanol–water partition coefficient (Wildman–Crippen LogP) is 3.04. The van der Waals surface area contributed by atoms with Crippen molar-refractivity contribution >= 4 is 34.0 Å². The number of hydrogen-bond acceptors (Lipinski definition) is 4. The van der Waals surface area contributed by atoms with Gasteiger partial charge in [0.05, 0.1) is 6.20 Å². The SMILES string of the molecule is O=C(c1c(F)cccc1F)N1CCN(c2ncc(Cl)s2)CC1. The number of piperazine rings is 1. The lowest BCUT2D eigenvalue weighted by atomic mass is 10.1. The highest BCUT2D eigenvalue weighted by molar-refractivity contribution is 7.19. The molecule has 22 heavy (non-hydrogen) atoms. The number of rotatable bonds is 2. The van der Waals surface area contributed by atoms with Crippen molar-refractivity contribution in [1.29, 1.82) is 0 Å². The molecule has 1 aliphatic heterocycles. The Morgan fingerprint density at radius 2 is 1.82 bits per heavy atom. The van der Waals surface area contributed by atoms with Gasteiger partial charge >= 0.3 is 0 Å². The molecular weight excluding hydrogens is 332 g/mol. The predicted molar refractivity (Wildman–Crippen MR) is 81.6 cm³/mol. The highest BCUT2D eigenvalue weighted by atomic mass is 35.5. The van der Waals surface area contributed by atoms with Crippen LogP contribution in [0.5, 0.6) is 0 Å². The number of carbonyl (C=O) groups is 1. The third-order valence-electron chi connectivity index (χ3n) is 3.48. The molecule has 0 atom stereocenters. The van der Waals surface area contributed by atoms with Crippen molar-refractivity contribution in [2.24, 2.45) is 0 Å². The molecular formula is C14H12ClF2N3OS. The average molecular weight is 344 g/mol. The molecule has 2 aromatic rings. The fourth-order valence-corrected chi connectivity index (χ4v) is 3.31. The number of amides is 1. The number of nitrogens with zero attached hydrogens (tertiary/aromatic N) is 3. The van der Waals surface area contributed by atoms with Gasteiger partial charge in [-0.1, -0.05) is 29.0 Å². The van der Waals surface area contributed by atoms with Crippen molar-refractivity contribution in [3.63, 3.8) is 0 Å². The number of anilines is 1. The first kappa shape index (κ1) is 15.2. The quantitative estimate of drug-likeness (QED) is 0.841. The van der Waals surface area contributed by atoms with Gasteiger partial charge in [-0.15, -0.1) is 0 Å². The minimum Gasteiger partial charge on any atom is -0.345 e. The molecule has 0 aliphatic carbocycles. The number of aromatic nitrogens is 1. The Balaban J connectivity index is 1.70. The van der Waals surface area contributed by atoms with Gasteiger partial charge in [-0.25, -0.2) is 13.8 Å².